The minimum Gasteiger partial charge on any atom is -0.479 e. The summed E-state index contributed by atoms with van der Waals surface area (Å²) in [4.78, 5) is 21.8. The van der Waals surface area contributed by atoms with E-state index >= 15 is 0 Å². The van der Waals surface area contributed by atoms with Crippen LogP contribution in [0.2, 0.25) is 0 Å². The van der Waals surface area contributed by atoms with Crippen molar-refractivity contribution in [1.29, 1.82) is 0 Å². The van der Waals surface area contributed by atoms with Gasteiger partial charge in [0.1, 0.15) is 0 Å². The third-order valence-electron chi connectivity index (χ3n) is 2.01. The van der Waals surface area contributed by atoms with Gasteiger partial charge in [0.2, 0.25) is 10.0 Å². The number of carboxylic acid groups (broad SMARTS) is 1. The molecule has 0 aromatic rings. The van der Waals surface area contributed by atoms with Crippen LogP contribution in [0.15, 0.2) is 0 Å². The number of aliphatic carboxylic acids is 1. The van der Waals surface area contributed by atoms with Crippen LogP contribution in [0, 0.1) is 0 Å². The van der Waals surface area contributed by atoms with E-state index in [1.54, 1.807) is 0 Å². The predicted molar refractivity (Wildman–Crippen MR) is 67.3 cm³/mol. The second-order valence-corrected chi connectivity index (χ2v) is 5.55. The minimum absolute atomic E-state index is 0.154. The zero-order chi connectivity index (χ0) is 14.9. The van der Waals surface area contributed by atoms with Gasteiger partial charge >= 0.3 is 12.0 Å². The third kappa shape index (κ3) is 10.2. The number of carbonyl (C=O) groups excluding carboxylic acids is 1. The lowest BCUT2D eigenvalue weighted by atomic mass is 10.3. The summed E-state index contributed by atoms with van der Waals surface area (Å²) in [6.07, 6.45) is 0.370. The molecule has 0 saturated heterocycles. The van der Waals surface area contributed by atoms with E-state index in [0.29, 0.717) is 6.42 Å². The van der Waals surface area contributed by atoms with Gasteiger partial charge in [-0.1, -0.05) is 0 Å². The van der Waals surface area contributed by atoms with Crippen LogP contribution < -0.4 is 15.4 Å². The average Bonchev–Trinajstić information content (AvgIpc) is 2.27. The van der Waals surface area contributed by atoms with Gasteiger partial charge < -0.3 is 20.5 Å². The third-order valence-corrected chi connectivity index (χ3v) is 2.74. The van der Waals surface area contributed by atoms with Crippen LogP contribution in [0.1, 0.15) is 6.42 Å². The highest BCUT2D eigenvalue weighted by Gasteiger charge is 2.16. The van der Waals surface area contributed by atoms with E-state index in [-0.39, 0.29) is 19.6 Å². The monoisotopic (exact) mass is 297 g/mol. The molecule has 0 spiro atoms. The highest BCUT2D eigenvalue weighted by Crippen LogP contribution is 1.87. The Hall–Kier alpha value is -1.39. The number of carboxylic acids is 1. The van der Waals surface area contributed by atoms with Crippen molar-refractivity contribution in [2.75, 3.05) is 33.0 Å². The molecule has 4 N–H and O–H groups in total. The highest BCUT2D eigenvalue weighted by atomic mass is 32.2. The molecule has 0 radical (unpaired) electrons. The van der Waals surface area contributed by atoms with Crippen LogP contribution in [0.3, 0.4) is 0 Å². The van der Waals surface area contributed by atoms with E-state index in [2.05, 4.69) is 20.1 Å². The average molecular weight is 297 g/mol. The van der Waals surface area contributed by atoms with Crippen LogP contribution in [-0.4, -0.2) is 64.6 Å². The minimum atomic E-state index is -3.22. The standard InChI is InChI=1S/C9H19N3O6S/c1-18-7(8(13)14)6-11-9(15)10-4-3-5-12-19(2,16)17/h7,12H,3-6H2,1-2H3,(H,13,14)(H2,10,11,15). The molecule has 0 heterocycles. The molecule has 10 heteroatoms. The Bertz CT molecular complexity index is 397. The van der Waals surface area contributed by atoms with Gasteiger partial charge in [0.25, 0.3) is 0 Å². The van der Waals surface area contributed by atoms with Crippen molar-refractivity contribution >= 4 is 22.0 Å². The van der Waals surface area contributed by atoms with E-state index in [1.807, 2.05) is 0 Å². The number of carbonyl (C=O) groups is 2. The summed E-state index contributed by atoms with van der Waals surface area (Å²) >= 11 is 0. The SMILES string of the molecule is COC(CNC(=O)NCCCNS(C)(=O)=O)C(=O)O. The molecule has 0 aliphatic heterocycles. The molecule has 112 valence electrons. The number of ether oxygens (including phenoxy) is 1. The van der Waals surface area contributed by atoms with Crippen molar-refractivity contribution < 1.29 is 27.9 Å². The first-order chi connectivity index (χ1) is 8.76. The number of hydrogen-bond donors (Lipinski definition) is 4. The summed E-state index contributed by atoms with van der Waals surface area (Å²) in [7, 11) is -1.99. The maximum absolute atomic E-state index is 11.2. The molecule has 0 saturated carbocycles. The van der Waals surface area contributed by atoms with E-state index in [9.17, 15) is 18.0 Å². The van der Waals surface area contributed by atoms with Gasteiger partial charge in [-0.05, 0) is 6.42 Å². The van der Waals surface area contributed by atoms with Crippen LogP contribution >= 0.6 is 0 Å². The molecule has 0 aromatic carbocycles. The van der Waals surface area contributed by atoms with Gasteiger partial charge in [-0.2, -0.15) is 0 Å². The fourth-order valence-electron chi connectivity index (χ4n) is 1.07. The Labute approximate surface area is 111 Å². The molecule has 19 heavy (non-hydrogen) atoms. The number of nitrogens with one attached hydrogen (secondary N) is 3. The van der Waals surface area contributed by atoms with Crippen molar-refractivity contribution in [2.24, 2.45) is 0 Å². The summed E-state index contributed by atoms with van der Waals surface area (Å²) in [6.45, 7) is 0.327. The Kier molecular flexibility index (Phi) is 8.03. The van der Waals surface area contributed by atoms with Crippen LogP contribution in [0.4, 0.5) is 4.79 Å². The fourth-order valence-corrected chi connectivity index (χ4v) is 1.58. The molecule has 0 aliphatic carbocycles. The highest BCUT2D eigenvalue weighted by molar-refractivity contribution is 7.88. The van der Waals surface area contributed by atoms with E-state index in [4.69, 9.17) is 5.11 Å². The number of hydrogen-bond acceptors (Lipinski definition) is 5. The van der Waals surface area contributed by atoms with Gasteiger partial charge in [-0.3, -0.25) is 0 Å². The number of sulfonamides is 1. The van der Waals surface area contributed by atoms with E-state index in [1.165, 1.54) is 7.11 Å². The van der Waals surface area contributed by atoms with Crippen LogP contribution in [0.25, 0.3) is 0 Å². The lowest BCUT2D eigenvalue weighted by molar-refractivity contribution is -0.147. The summed E-state index contributed by atoms with van der Waals surface area (Å²) < 4.78 is 28.3. The molecular weight excluding hydrogens is 278 g/mol. The van der Waals surface area contributed by atoms with Gasteiger partial charge in [0.15, 0.2) is 6.10 Å². The van der Waals surface area contributed by atoms with E-state index < -0.39 is 28.1 Å². The predicted octanol–water partition coefficient (Wildman–Crippen LogP) is -1.68. The second kappa shape index (κ2) is 8.67. The van der Waals surface area contributed by atoms with Crippen molar-refractivity contribution in [2.45, 2.75) is 12.5 Å². The Morgan fingerprint density at radius 2 is 1.89 bits per heavy atom. The first-order valence-corrected chi connectivity index (χ1v) is 7.37. The molecule has 0 rings (SSSR count). The maximum Gasteiger partial charge on any atom is 0.334 e. The number of methoxy groups -OCH3 is 1. The quantitative estimate of drug-likeness (QED) is 0.376. The fraction of sp³-hybridized carbons (Fsp3) is 0.778. The molecule has 0 bridgehead atoms. The van der Waals surface area contributed by atoms with Gasteiger partial charge in [0, 0.05) is 20.2 Å². The lowest BCUT2D eigenvalue weighted by Gasteiger charge is -2.12. The molecule has 1 atom stereocenters. The molecule has 2 amide bonds. The Balaban J connectivity index is 3.68. The zero-order valence-electron chi connectivity index (χ0n) is 10.8. The van der Waals surface area contributed by atoms with Gasteiger partial charge in [0.05, 0.1) is 12.8 Å². The molecule has 0 aliphatic rings. The van der Waals surface area contributed by atoms with Crippen LogP contribution in [0.5, 0.6) is 0 Å². The summed E-state index contributed by atoms with van der Waals surface area (Å²) in [5.74, 6) is -1.17. The van der Waals surface area contributed by atoms with Crippen molar-refractivity contribution in [3.05, 3.63) is 0 Å². The first-order valence-electron chi connectivity index (χ1n) is 5.48. The smallest absolute Gasteiger partial charge is 0.334 e. The molecule has 1 unspecified atom stereocenters. The summed E-state index contributed by atoms with van der Waals surface area (Å²) in [6, 6.07) is -0.539. The van der Waals surface area contributed by atoms with Gasteiger partial charge in [-0.25, -0.2) is 22.7 Å². The number of amides is 2. The molecule has 9 nitrogen and oxygen atoms in total. The largest absolute Gasteiger partial charge is 0.479 e. The summed E-state index contributed by atoms with van der Waals surface area (Å²) in [5.41, 5.74) is 0. The van der Waals surface area contributed by atoms with Gasteiger partial charge in [-0.15, -0.1) is 0 Å². The number of rotatable bonds is 9. The first kappa shape index (κ1) is 17.6. The molecule has 0 fully saturated rings. The summed E-state index contributed by atoms with van der Waals surface area (Å²) in [5, 5.41) is 13.4. The Morgan fingerprint density at radius 1 is 1.26 bits per heavy atom. The zero-order valence-corrected chi connectivity index (χ0v) is 11.6. The van der Waals surface area contributed by atoms with Crippen molar-refractivity contribution in [3.63, 3.8) is 0 Å². The van der Waals surface area contributed by atoms with Crippen molar-refractivity contribution in [1.82, 2.24) is 15.4 Å². The molecular formula is C9H19N3O6S. The van der Waals surface area contributed by atoms with Crippen molar-refractivity contribution in [3.8, 4) is 0 Å². The maximum atomic E-state index is 11.2. The number of urea groups is 1. The van der Waals surface area contributed by atoms with E-state index in [0.717, 1.165) is 6.26 Å². The lowest BCUT2D eigenvalue weighted by Crippen LogP contribution is -2.43. The topological polar surface area (TPSA) is 134 Å². The molecule has 0 aromatic heterocycles. The van der Waals surface area contributed by atoms with Crippen LogP contribution in [-0.2, 0) is 19.6 Å². The second-order valence-electron chi connectivity index (χ2n) is 3.72. The normalized spacial score (nSPS) is 12.7. The Morgan fingerprint density at radius 3 is 2.37 bits per heavy atom.